The summed E-state index contributed by atoms with van der Waals surface area (Å²) >= 11 is 1.44. The number of ether oxygens (including phenoxy) is 2. The molecule has 0 spiro atoms. The van der Waals surface area contributed by atoms with E-state index in [9.17, 15) is 9.59 Å². The molecule has 3 rings (SSSR count). The summed E-state index contributed by atoms with van der Waals surface area (Å²) < 4.78 is 11.5. The van der Waals surface area contributed by atoms with Crippen LogP contribution >= 0.6 is 11.8 Å². The van der Waals surface area contributed by atoms with Crippen LogP contribution < -0.4 is 20.1 Å². The summed E-state index contributed by atoms with van der Waals surface area (Å²) in [5.74, 6) is 1.66. The third kappa shape index (κ3) is 7.81. The van der Waals surface area contributed by atoms with Gasteiger partial charge in [-0.15, -0.1) is 11.8 Å². The van der Waals surface area contributed by atoms with E-state index in [4.69, 9.17) is 9.47 Å². The Kier molecular flexibility index (Phi) is 9.34. The summed E-state index contributed by atoms with van der Waals surface area (Å²) in [6.45, 7) is 6.35. The Morgan fingerprint density at radius 3 is 2.41 bits per heavy atom. The van der Waals surface area contributed by atoms with Gasteiger partial charge in [-0.1, -0.05) is 13.0 Å². The van der Waals surface area contributed by atoms with Crippen LogP contribution in [0.5, 0.6) is 17.4 Å². The molecule has 178 valence electrons. The van der Waals surface area contributed by atoms with Gasteiger partial charge in [0.15, 0.2) is 0 Å². The van der Waals surface area contributed by atoms with E-state index < -0.39 is 0 Å². The van der Waals surface area contributed by atoms with E-state index in [0.717, 1.165) is 28.3 Å². The fraction of sp³-hybridized carbons (Fsp3) is 0.269. The Balaban J connectivity index is 1.54. The van der Waals surface area contributed by atoms with Crippen molar-refractivity contribution < 1.29 is 19.1 Å². The van der Waals surface area contributed by atoms with Gasteiger partial charge in [-0.05, 0) is 67.9 Å². The van der Waals surface area contributed by atoms with Crippen molar-refractivity contribution in [2.24, 2.45) is 0 Å². The van der Waals surface area contributed by atoms with Crippen LogP contribution in [0.3, 0.4) is 0 Å². The average Bonchev–Trinajstić information content (AvgIpc) is 2.83. The summed E-state index contributed by atoms with van der Waals surface area (Å²) in [5.41, 5.74) is 1.50. The highest BCUT2D eigenvalue weighted by Gasteiger charge is 2.15. The SMILES string of the molecule is CCCOc1ccc(Oc2ncccc2CNC(=O)C(C)Sc2ccc(NC(C)=O)cc2)cc1. The summed E-state index contributed by atoms with van der Waals surface area (Å²) in [7, 11) is 0. The fourth-order valence-corrected chi connectivity index (χ4v) is 3.88. The zero-order chi connectivity index (χ0) is 24.3. The van der Waals surface area contributed by atoms with E-state index in [0.29, 0.717) is 24.8 Å². The number of pyridine rings is 1. The first-order valence-corrected chi connectivity index (χ1v) is 12.0. The summed E-state index contributed by atoms with van der Waals surface area (Å²) in [6.07, 6.45) is 2.60. The number of benzene rings is 2. The first-order valence-electron chi connectivity index (χ1n) is 11.1. The number of thioether (sulfide) groups is 1. The molecule has 0 aliphatic heterocycles. The molecule has 2 N–H and O–H groups in total. The van der Waals surface area contributed by atoms with Crippen LogP contribution in [0.1, 0.15) is 32.8 Å². The molecule has 2 aromatic carbocycles. The van der Waals surface area contributed by atoms with Crippen molar-refractivity contribution >= 4 is 29.3 Å². The maximum atomic E-state index is 12.7. The maximum absolute atomic E-state index is 12.7. The Labute approximate surface area is 204 Å². The van der Waals surface area contributed by atoms with E-state index >= 15 is 0 Å². The molecule has 0 radical (unpaired) electrons. The normalized spacial score (nSPS) is 11.4. The minimum Gasteiger partial charge on any atom is -0.494 e. The predicted molar refractivity (Wildman–Crippen MR) is 134 cm³/mol. The Morgan fingerprint density at radius 1 is 1.03 bits per heavy atom. The number of hydrogen-bond acceptors (Lipinski definition) is 6. The minimum absolute atomic E-state index is 0.0943. The summed E-state index contributed by atoms with van der Waals surface area (Å²) in [5, 5.41) is 5.38. The van der Waals surface area contributed by atoms with Crippen molar-refractivity contribution in [1.29, 1.82) is 0 Å². The molecule has 2 amide bonds. The van der Waals surface area contributed by atoms with Gasteiger partial charge in [0.25, 0.3) is 0 Å². The lowest BCUT2D eigenvalue weighted by molar-refractivity contribution is -0.120. The number of rotatable bonds is 11. The monoisotopic (exact) mass is 479 g/mol. The van der Waals surface area contributed by atoms with Gasteiger partial charge in [-0.2, -0.15) is 0 Å². The van der Waals surface area contributed by atoms with E-state index in [-0.39, 0.29) is 17.1 Å². The zero-order valence-electron chi connectivity index (χ0n) is 19.5. The minimum atomic E-state index is -0.302. The number of hydrogen-bond donors (Lipinski definition) is 2. The van der Waals surface area contributed by atoms with Crippen LogP contribution in [0.15, 0.2) is 71.8 Å². The van der Waals surface area contributed by atoms with Gasteiger partial charge in [-0.3, -0.25) is 9.59 Å². The summed E-state index contributed by atoms with van der Waals surface area (Å²) in [4.78, 5) is 29.1. The zero-order valence-corrected chi connectivity index (χ0v) is 20.4. The quantitative estimate of drug-likeness (QED) is 0.357. The lowest BCUT2D eigenvalue weighted by Gasteiger charge is -2.14. The van der Waals surface area contributed by atoms with Crippen LogP contribution in [-0.4, -0.2) is 28.7 Å². The number of carbonyl (C=O) groups is 2. The van der Waals surface area contributed by atoms with Crippen LogP contribution in [0, 0.1) is 0 Å². The molecular weight excluding hydrogens is 450 g/mol. The maximum Gasteiger partial charge on any atom is 0.233 e. The lowest BCUT2D eigenvalue weighted by atomic mass is 10.2. The van der Waals surface area contributed by atoms with Gasteiger partial charge in [0.1, 0.15) is 11.5 Å². The number of nitrogens with one attached hydrogen (secondary N) is 2. The van der Waals surface area contributed by atoms with Gasteiger partial charge in [0.05, 0.1) is 11.9 Å². The molecule has 0 fully saturated rings. The van der Waals surface area contributed by atoms with E-state index in [2.05, 4.69) is 22.5 Å². The van der Waals surface area contributed by atoms with Gasteiger partial charge in [-0.25, -0.2) is 4.98 Å². The van der Waals surface area contributed by atoms with Crippen molar-refractivity contribution in [2.75, 3.05) is 11.9 Å². The second-order valence-electron chi connectivity index (χ2n) is 7.57. The smallest absolute Gasteiger partial charge is 0.233 e. The summed E-state index contributed by atoms with van der Waals surface area (Å²) in [6, 6.07) is 18.5. The standard InChI is InChI=1S/C26H29N3O4S/c1-4-16-32-22-9-11-23(12-10-22)33-26-20(6-5-15-27-26)17-28-25(31)18(2)34-24-13-7-21(8-14-24)29-19(3)30/h5-15,18H,4,16-17H2,1-3H3,(H,28,31)(H,29,30). The van der Waals surface area contributed by atoms with Crippen molar-refractivity contribution in [3.63, 3.8) is 0 Å². The number of nitrogens with zero attached hydrogens (tertiary/aromatic N) is 1. The molecule has 1 unspecified atom stereocenters. The predicted octanol–water partition coefficient (Wildman–Crippen LogP) is 5.42. The van der Waals surface area contributed by atoms with Gasteiger partial charge in [0.2, 0.25) is 17.7 Å². The van der Waals surface area contributed by atoms with E-state index in [1.807, 2.05) is 67.6 Å². The molecular formula is C26H29N3O4S. The van der Waals surface area contributed by atoms with Crippen LogP contribution in [0.2, 0.25) is 0 Å². The molecule has 34 heavy (non-hydrogen) atoms. The highest BCUT2D eigenvalue weighted by atomic mass is 32.2. The molecule has 7 nitrogen and oxygen atoms in total. The highest BCUT2D eigenvalue weighted by Crippen LogP contribution is 2.27. The largest absolute Gasteiger partial charge is 0.494 e. The Bertz CT molecular complexity index is 1090. The molecule has 1 heterocycles. The molecule has 0 saturated carbocycles. The molecule has 0 saturated heterocycles. The first-order chi connectivity index (χ1) is 16.4. The number of aromatic nitrogens is 1. The molecule has 8 heteroatoms. The lowest BCUT2D eigenvalue weighted by Crippen LogP contribution is -2.30. The van der Waals surface area contributed by atoms with Crippen molar-refractivity contribution in [3.8, 4) is 17.4 Å². The molecule has 1 atom stereocenters. The van der Waals surface area contributed by atoms with Gasteiger partial charge < -0.3 is 20.1 Å². The number of amides is 2. The van der Waals surface area contributed by atoms with Crippen LogP contribution in [0.25, 0.3) is 0 Å². The molecule has 1 aromatic heterocycles. The molecule has 0 aliphatic rings. The van der Waals surface area contributed by atoms with Gasteiger partial charge in [0, 0.05) is 35.8 Å². The third-order valence-electron chi connectivity index (χ3n) is 4.67. The Morgan fingerprint density at radius 2 is 1.74 bits per heavy atom. The second kappa shape index (κ2) is 12.6. The number of anilines is 1. The second-order valence-corrected chi connectivity index (χ2v) is 8.99. The first kappa shape index (κ1) is 25.1. The molecule has 0 aliphatic carbocycles. The molecule has 0 bridgehead atoms. The van der Waals surface area contributed by atoms with Crippen molar-refractivity contribution in [2.45, 2.75) is 43.9 Å². The van der Waals surface area contributed by atoms with Crippen molar-refractivity contribution in [1.82, 2.24) is 10.3 Å². The highest BCUT2D eigenvalue weighted by molar-refractivity contribution is 8.00. The fourth-order valence-electron chi connectivity index (χ4n) is 2.99. The average molecular weight is 480 g/mol. The Hall–Kier alpha value is -3.52. The van der Waals surface area contributed by atoms with E-state index in [1.165, 1.54) is 18.7 Å². The number of carbonyl (C=O) groups excluding carboxylic acids is 2. The topological polar surface area (TPSA) is 89.6 Å². The van der Waals surface area contributed by atoms with Gasteiger partial charge >= 0.3 is 0 Å². The van der Waals surface area contributed by atoms with Crippen LogP contribution in [-0.2, 0) is 16.1 Å². The van der Waals surface area contributed by atoms with E-state index in [1.54, 1.807) is 6.20 Å². The molecule has 3 aromatic rings. The van der Waals surface area contributed by atoms with Crippen molar-refractivity contribution in [3.05, 3.63) is 72.4 Å². The third-order valence-corrected chi connectivity index (χ3v) is 5.78. The van der Waals surface area contributed by atoms with Crippen LogP contribution in [0.4, 0.5) is 5.69 Å².